The fourth-order valence-electron chi connectivity index (χ4n) is 2.18. The van der Waals surface area contributed by atoms with E-state index in [1.54, 1.807) is 0 Å². The van der Waals surface area contributed by atoms with Gasteiger partial charge < -0.3 is 5.32 Å². The molecule has 2 rings (SSSR count). The molecule has 0 spiro atoms. The first-order valence-corrected chi connectivity index (χ1v) is 6.71. The second kappa shape index (κ2) is 5.93. The largest absolute Gasteiger partial charge is 0.304 e. The maximum Gasteiger partial charge on any atom is 0.149 e. The first kappa shape index (κ1) is 13.7. The van der Waals surface area contributed by atoms with Gasteiger partial charge in [0.25, 0.3) is 0 Å². The molecule has 0 aliphatic rings. The molecule has 0 aliphatic heterocycles. The first-order chi connectivity index (χ1) is 9.13. The molecule has 3 nitrogen and oxygen atoms in total. The Labute approximate surface area is 115 Å². The highest BCUT2D eigenvalue weighted by molar-refractivity contribution is 5.38. The molecular formula is C16H21N3. The van der Waals surface area contributed by atoms with E-state index in [1.807, 2.05) is 19.3 Å². The Morgan fingerprint density at radius 2 is 1.79 bits per heavy atom. The lowest BCUT2D eigenvalue weighted by atomic mass is 9.97. The first-order valence-electron chi connectivity index (χ1n) is 6.71. The van der Waals surface area contributed by atoms with Crippen LogP contribution in [0.3, 0.4) is 0 Å². The van der Waals surface area contributed by atoms with Crippen molar-refractivity contribution in [2.45, 2.75) is 33.7 Å². The van der Waals surface area contributed by atoms with E-state index < -0.39 is 0 Å². The molecule has 0 radical (unpaired) electrons. The monoisotopic (exact) mass is 255 g/mol. The molecule has 0 fully saturated rings. The van der Waals surface area contributed by atoms with E-state index in [4.69, 9.17) is 0 Å². The van der Waals surface area contributed by atoms with Crippen molar-refractivity contribution < 1.29 is 0 Å². The van der Waals surface area contributed by atoms with Gasteiger partial charge in [0.2, 0.25) is 0 Å². The lowest BCUT2D eigenvalue weighted by Crippen LogP contribution is -2.25. The Hall–Kier alpha value is -1.74. The summed E-state index contributed by atoms with van der Waals surface area (Å²) in [6, 6.07) is 6.44. The maximum atomic E-state index is 4.47. The van der Waals surface area contributed by atoms with Crippen molar-refractivity contribution in [3.8, 4) is 0 Å². The molecule has 2 aromatic rings. The predicted molar refractivity (Wildman–Crippen MR) is 78.2 cm³/mol. The van der Waals surface area contributed by atoms with Gasteiger partial charge in [0.05, 0.1) is 6.04 Å². The number of nitrogens with zero attached hydrogens (tertiary/aromatic N) is 2. The average Bonchev–Trinajstić information content (AvgIpc) is 2.41. The highest BCUT2D eigenvalue weighted by Crippen LogP contribution is 2.24. The standard InChI is InChI=1S/C16H21N3/c1-5-17-15(16-18-9-11(2)10-19-16)14-8-6-7-12(3)13(14)4/h6-10,15,17H,5H2,1-4H3. The van der Waals surface area contributed by atoms with Crippen LogP contribution in [-0.2, 0) is 0 Å². The number of aromatic nitrogens is 2. The molecule has 0 saturated carbocycles. The summed E-state index contributed by atoms with van der Waals surface area (Å²) in [4.78, 5) is 8.94. The van der Waals surface area contributed by atoms with Gasteiger partial charge in [0.1, 0.15) is 5.82 Å². The van der Waals surface area contributed by atoms with Gasteiger partial charge >= 0.3 is 0 Å². The minimum Gasteiger partial charge on any atom is -0.304 e. The Balaban J connectivity index is 2.45. The van der Waals surface area contributed by atoms with Crippen LogP contribution in [0.4, 0.5) is 0 Å². The van der Waals surface area contributed by atoms with Gasteiger partial charge in [0.15, 0.2) is 0 Å². The molecule has 0 bridgehead atoms. The van der Waals surface area contributed by atoms with Gasteiger partial charge in [0, 0.05) is 12.4 Å². The van der Waals surface area contributed by atoms with E-state index in [9.17, 15) is 0 Å². The van der Waals surface area contributed by atoms with Gasteiger partial charge in [-0.15, -0.1) is 0 Å². The summed E-state index contributed by atoms with van der Waals surface area (Å²) in [5.41, 5.74) is 4.94. The SMILES string of the molecule is CCNC(c1ncc(C)cn1)c1cccc(C)c1C. The third kappa shape index (κ3) is 2.99. The Morgan fingerprint density at radius 1 is 1.11 bits per heavy atom. The smallest absolute Gasteiger partial charge is 0.149 e. The Bertz CT molecular complexity index is 546. The summed E-state index contributed by atoms with van der Waals surface area (Å²) in [5, 5.41) is 3.48. The van der Waals surface area contributed by atoms with Crippen molar-refractivity contribution >= 4 is 0 Å². The molecule has 1 N–H and O–H groups in total. The van der Waals surface area contributed by atoms with Crippen LogP contribution >= 0.6 is 0 Å². The zero-order valence-corrected chi connectivity index (χ0v) is 12.1. The van der Waals surface area contributed by atoms with Gasteiger partial charge in [-0.1, -0.05) is 25.1 Å². The van der Waals surface area contributed by atoms with Crippen molar-refractivity contribution in [2.24, 2.45) is 0 Å². The molecule has 1 aromatic heterocycles. The van der Waals surface area contributed by atoms with Crippen LogP contribution in [0, 0.1) is 20.8 Å². The molecule has 1 aromatic carbocycles. The molecule has 100 valence electrons. The third-order valence-electron chi connectivity index (χ3n) is 3.42. The van der Waals surface area contributed by atoms with Crippen molar-refractivity contribution in [1.29, 1.82) is 0 Å². The van der Waals surface area contributed by atoms with Crippen molar-refractivity contribution in [3.63, 3.8) is 0 Å². The second-order valence-corrected chi connectivity index (χ2v) is 4.90. The molecule has 3 heteroatoms. The summed E-state index contributed by atoms with van der Waals surface area (Å²) in [5.74, 6) is 0.834. The number of nitrogens with one attached hydrogen (secondary N) is 1. The van der Waals surface area contributed by atoms with Crippen molar-refractivity contribution in [1.82, 2.24) is 15.3 Å². The molecule has 1 heterocycles. The van der Waals surface area contributed by atoms with E-state index in [2.05, 4.69) is 54.3 Å². The van der Waals surface area contributed by atoms with Gasteiger partial charge in [-0.25, -0.2) is 9.97 Å². The Kier molecular flexibility index (Phi) is 4.27. The Morgan fingerprint density at radius 3 is 2.42 bits per heavy atom. The molecular weight excluding hydrogens is 234 g/mol. The van der Waals surface area contributed by atoms with E-state index >= 15 is 0 Å². The van der Waals surface area contributed by atoms with Gasteiger partial charge in [-0.05, 0) is 49.6 Å². The lowest BCUT2D eigenvalue weighted by Gasteiger charge is -2.20. The van der Waals surface area contributed by atoms with E-state index in [0.29, 0.717) is 0 Å². The topological polar surface area (TPSA) is 37.8 Å². The molecule has 1 atom stereocenters. The van der Waals surface area contributed by atoms with E-state index in [-0.39, 0.29) is 6.04 Å². The maximum absolute atomic E-state index is 4.47. The molecule has 19 heavy (non-hydrogen) atoms. The molecule has 1 unspecified atom stereocenters. The fraction of sp³-hybridized carbons (Fsp3) is 0.375. The number of hydrogen-bond donors (Lipinski definition) is 1. The average molecular weight is 255 g/mol. The van der Waals surface area contributed by atoms with E-state index in [0.717, 1.165) is 17.9 Å². The minimum absolute atomic E-state index is 0.0606. The molecule has 0 amide bonds. The third-order valence-corrected chi connectivity index (χ3v) is 3.42. The number of hydrogen-bond acceptors (Lipinski definition) is 3. The zero-order chi connectivity index (χ0) is 13.8. The summed E-state index contributed by atoms with van der Waals surface area (Å²) in [6.07, 6.45) is 3.75. The van der Waals surface area contributed by atoms with Crippen LogP contribution in [0.2, 0.25) is 0 Å². The van der Waals surface area contributed by atoms with Crippen LogP contribution in [0.25, 0.3) is 0 Å². The fourth-order valence-corrected chi connectivity index (χ4v) is 2.18. The quantitative estimate of drug-likeness (QED) is 0.912. The molecule has 0 aliphatic carbocycles. The highest BCUT2D eigenvalue weighted by Gasteiger charge is 2.18. The summed E-state index contributed by atoms with van der Waals surface area (Å²) in [6.45, 7) is 9.28. The van der Waals surface area contributed by atoms with Crippen molar-refractivity contribution in [2.75, 3.05) is 6.54 Å². The zero-order valence-electron chi connectivity index (χ0n) is 12.1. The number of aryl methyl sites for hydroxylation is 2. The predicted octanol–water partition coefficient (Wildman–Crippen LogP) is 3.10. The normalized spacial score (nSPS) is 12.4. The summed E-state index contributed by atoms with van der Waals surface area (Å²) in [7, 11) is 0. The van der Waals surface area contributed by atoms with Crippen molar-refractivity contribution in [3.05, 3.63) is 58.7 Å². The van der Waals surface area contributed by atoms with Crippen LogP contribution in [0.15, 0.2) is 30.6 Å². The van der Waals surface area contributed by atoms with Crippen LogP contribution in [0.1, 0.15) is 41.0 Å². The van der Waals surface area contributed by atoms with Gasteiger partial charge in [-0.3, -0.25) is 0 Å². The summed E-state index contributed by atoms with van der Waals surface area (Å²) >= 11 is 0. The van der Waals surface area contributed by atoms with Crippen LogP contribution < -0.4 is 5.32 Å². The minimum atomic E-state index is 0.0606. The molecule has 0 saturated heterocycles. The van der Waals surface area contributed by atoms with Crippen LogP contribution in [0.5, 0.6) is 0 Å². The van der Waals surface area contributed by atoms with Gasteiger partial charge in [-0.2, -0.15) is 0 Å². The number of benzene rings is 1. The summed E-state index contributed by atoms with van der Waals surface area (Å²) < 4.78 is 0. The second-order valence-electron chi connectivity index (χ2n) is 4.90. The van der Waals surface area contributed by atoms with Crippen LogP contribution in [-0.4, -0.2) is 16.5 Å². The highest BCUT2D eigenvalue weighted by atomic mass is 15.0. The number of rotatable bonds is 4. The van der Waals surface area contributed by atoms with E-state index in [1.165, 1.54) is 16.7 Å². The lowest BCUT2D eigenvalue weighted by molar-refractivity contribution is 0.593.